The van der Waals surface area contributed by atoms with Crippen LogP contribution in [0.4, 0.5) is 0 Å². The van der Waals surface area contributed by atoms with E-state index in [1.165, 1.54) is 7.11 Å². The van der Waals surface area contributed by atoms with Crippen LogP contribution >= 0.6 is 0 Å². The average Bonchev–Trinajstić information content (AvgIpc) is 2.03. The van der Waals surface area contributed by atoms with Gasteiger partial charge in [0.05, 0.1) is 13.5 Å². The van der Waals surface area contributed by atoms with Gasteiger partial charge in [-0.15, -0.1) is 0 Å². The first kappa shape index (κ1) is 12.4. The Morgan fingerprint density at radius 1 is 1.46 bits per heavy atom. The molecule has 0 aliphatic rings. The zero-order chi connectivity index (χ0) is 10.3. The molecular formula is C10H21NO2. The van der Waals surface area contributed by atoms with Crippen LogP contribution in [0.5, 0.6) is 0 Å². The van der Waals surface area contributed by atoms with Gasteiger partial charge in [0.1, 0.15) is 0 Å². The molecule has 3 heteroatoms. The lowest BCUT2D eigenvalue weighted by Gasteiger charge is -2.18. The molecular weight excluding hydrogens is 166 g/mol. The third-order valence-electron chi connectivity index (χ3n) is 1.89. The molecule has 0 saturated carbocycles. The molecule has 0 rings (SSSR count). The van der Waals surface area contributed by atoms with Gasteiger partial charge in [-0.05, 0) is 18.9 Å². The van der Waals surface area contributed by atoms with Crippen LogP contribution in [-0.2, 0) is 9.53 Å². The Hall–Kier alpha value is -0.570. The number of carbonyl (C=O) groups excluding carboxylic acids is 1. The van der Waals surface area contributed by atoms with Gasteiger partial charge in [-0.25, -0.2) is 0 Å². The second kappa shape index (κ2) is 6.89. The van der Waals surface area contributed by atoms with E-state index in [9.17, 15) is 4.79 Å². The van der Waals surface area contributed by atoms with Gasteiger partial charge >= 0.3 is 5.97 Å². The number of hydrogen-bond donors (Lipinski definition) is 1. The monoisotopic (exact) mass is 187 g/mol. The van der Waals surface area contributed by atoms with Gasteiger partial charge < -0.3 is 10.1 Å². The molecule has 0 aromatic rings. The summed E-state index contributed by atoms with van der Waals surface area (Å²) in [5.41, 5.74) is 0. The summed E-state index contributed by atoms with van der Waals surface area (Å²) in [7, 11) is 1.43. The maximum Gasteiger partial charge on any atom is 0.307 e. The van der Waals surface area contributed by atoms with Crippen molar-refractivity contribution in [2.24, 2.45) is 5.92 Å². The SMILES string of the molecule is CCNC(CC(=O)OC)CC(C)C. The summed E-state index contributed by atoms with van der Waals surface area (Å²) in [5, 5.41) is 3.28. The van der Waals surface area contributed by atoms with Crippen molar-refractivity contribution in [3.8, 4) is 0 Å². The summed E-state index contributed by atoms with van der Waals surface area (Å²) in [5.74, 6) is 0.473. The summed E-state index contributed by atoms with van der Waals surface area (Å²) < 4.78 is 4.63. The van der Waals surface area contributed by atoms with Gasteiger partial charge in [-0.3, -0.25) is 4.79 Å². The lowest BCUT2D eigenvalue weighted by Crippen LogP contribution is -2.32. The fourth-order valence-electron chi connectivity index (χ4n) is 1.38. The Labute approximate surface area is 80.8 Å². The van der Waals surface area contributed by atoms with E-state index in [0.717, 1.165) is 13.0 Å². The van der Waals surface area contributed by atoms with Gasteiger partial charge in [0.15, 0.2) is 0 Å². The van der Waals surface area contributed by atoms with E-state index in [2.05, 4.69) is 23.9 Å². The molecule has 3 nitrogen and oxygen atoms in total. The highest BCUT2D eigenvalue weighted by atomic mass is 16.5. The molecule has 0 aromatic carbocycles. The van der Waals surface area contributed by atoms with Crippen molar-refractivity contribution in [3.63, 3.8) is 0 Å². The van der Waals surface area contributed by atoms with Crippen molar-refractivity contribution >= 4 is 5.97 Å². The van der Waals surface area contributed by atoms with E-state index in [-0.39, 0.29) is 12.0 Å². The molecule has 78 valence electrons. The Kier molecular flexibility index (Phi) is 6.59. The van der Waals surface area contributed by atoms with Crippen LogP contribution < -0.4 is 5.32 Å². The number of esters is 1. The van der Waals surface area contributed by atoms with Crippen molar-refractivity contribution in [2.75, 3.05) is 13.7 Å². The Morgan fingerprint density at radius 2 is 2.08 bits per heavy atom. The van der Waals surface area contributed by atoms with Crippen LogP contribution in [0.3, 0.4) is 0 Å². The molecule has 0 aliphatic heterocycles. The number of ether oxygens (including phenoxy) is 1. The van der Waals surface area contributed by atoms with Crippen LogP contribution in [0.1, 0.15) is 33.6 Å². The fraction of sp³-hybridized carbons (Fsp3) is 0.900. The van der Waals surface area contributed by atoms with Crippen LogP contribution in [0.15, 0.2) is 0 Å². The predicted molar refractivity (Wildman–Crippen MR) is 53.6 cm³/mol. The zero-order valence-electron chi connectivity index (χ0n) is 9.09. The third kappa shape index (κ3) is 6.58. The maximum atomic E-state index is 11.0. The van der Waals surface area contributed by atoms with E-state index in [4.69, 9.17) is 0 Å². The summed E-state index contributed by atoms with van der Waals surface area (Å²) in [6, 6.07) is 0.262. The van der Waals surface area contributed by atoms with Gasteiger partial charge in [-0.2, -0.15) is 0 Å². The number of rotatable bonds is 6. The zero-order valence-corrected chi connectivity index (χ0v) is 9.09. The predicted octanol–water partition coefficient (Wildman–Crippen LogP) is 1.57. The van der Waals surface area contributed by atoms with E-state index < -0.39 is 0 Å². The van der Waals surface area contributed by atoms with Crippen LogP contribution in [0.2, 0.25) is 0 Å². The Bertz CT molecular complexity index is 146. The summed E-state index contributed by atoms with van der Waals surface area (Å²) in [4.78, 5) is 11.0. The highest BCUT2D eigenvalue weighted by Crippen LogP contribution is 2.08. The molecule has 13 heavy (non-hydrogen) atoms. The lowest BCUT2D eigenvalue weighted by molar-refractivity contribution is -0.141. The third-order valence-corrected chi connectivity index (χ3v) is 1.89. The van der Waals surface area contributed by atoms with E-state index in [1.54, 1.807) is 0 Å². The molecule has 0 heterocycles. The molecule has 1 N–H and O–H groups in total. The second-order valence-corrected chi connectivity index (χ2v) is 3.66. The van der Waals surface area contributed by atoms with Crippen molar-refractivity contribution in [2.45, 2.75) is 39.7 Å². The van der Waals surface area contributed by atoms with Crippen molar-refractivity contribution in [3.05, 3.63) is 0 Å². The highest BCUT2D eigenvalue weighted by Gasteiger charge is 2.14. The fourth-order valence-corrected chi connectivity index (χ4v) is 1.38. The number of nitrogens with one attached hydrogen (secondary N) is 1. The minimum Gasteiger partial charge on any atom is -0.469 e. The first-order valence-corrected chi connectivity index (χ1v) is 4.90. The van der Waals surface area contributed by atoms with E-state index >= 15 is 0 Å². The molecule has 0 spiro atoms. The van der Waals surface area contributed by atoms with Gasteiger partial charge in [0, 0.05) is 6.04 Å². The molecule has 0 aliphatic carbocycles. The highest BCUT2D eigenvalue weighted by molar-refractivity contribution is 5.69. The number of hydrogen-bond acceptors (Lipinski definition) is 3. The molecule has 1 atom stereocenters. The van der Waals surface area contributed by atoms with Crippen LogP contribution in [0, 0.1) is 5.92 Å². The molecule has 0 fully saturated rings. The van der Waals surface area contributed by atoms with Gasteiger partial charge in [0.2, 0.25) is 0 Å². The Balaban J connectivity index is 3.86. The molecule has 0 bridgehead atoms. The molecule has 0 aromatic heterocycles. The molecule has 0 amide bonds. The van der Waals surface area contributed by atoms with Crippen LogP contribution in [-0.4, -0.2) is 25.7 Å². The summed E-state index contributed by atoms with van der Waals surface area (Å²) in [6.07, 6.45) is 1.49. The largest absolute Gasteiger partial charge is 0.469 e. The van der Waals surface area contributed by atoms with Crippen molar-refractivity contribution in [1.82, 2.24) is 5.32 Å². The molecule has 1 unspecified atom stereocenters. The Morgan fingerprint density at radius 3 is 2.46 bits per heavy atom. The standard InChI is InChI=1S/C10H21NO2/c1-5-11-9(6-8(2)3)7-10(12)13-4/h8-9,11H,5-7H2,1-4H3. The summed E-state index contributed by atoms with van der Waals surface area (Å²) >= 11 is 0. The lowest BCUT2D eigenvalue weighted by atomic mass is 10.0. The minimum atomic E-state index is -0.133. The average molecular weight is 187 g/mol. The quantitative estimate of drug-likeness (QED) is 0.641. The maximum absolute atomic E-state index is 11.0. The van der Waals surface area contributed by atoms with Crippen molar-refractivity contribution in [1.29, 1.82) is 0 Å². The minimum absolute atomic E-state index is 0.133. The second-order valence-electron chi connectivity index (χ2n) is 3.66. The molecule has 0 saturated heterocycles. The number of methoxy groups -OCH3 is 1. The van der Waals surface area contributed by atoms with E-state index in [1.807, 2.05) is 6.92 Å². The first-order valence-electron chi connectivity index (χ1n) is 4.90. The number of carbonyl (C=O) groups is 1. The first-order chi connectivity index (χ1) is 6.10. The normalized spacial score (nSPS) is 13.0. The smallest absolute Gasteiger partial charge is 0.307 e. The summed E-state index contributed by atoms with van der Waals surface area (Å²) in [6.45, 7) is 7.25. The van der Waals surface area contributed by atoms with Gasteiger partial charge in [0.25, 0.3) is 0 Å². The molecule has 0 radical (unpaired) electrons. The topological polar surface area (TPSA) is 38.3 Å². The van der Waals surface area contributed by atoms with Crippen molar-refractivity contribution < 1.29 is 9.53 Å². The van der Waals surface area contributed by atoms with Gasteiger partial charge in [-0.1, -0.05) is 20.8 Å². The van der Waals surface area contributed by atoms with E-state index in [0.29, 0.717) is 12.3 Å². The van der Waals surface area contributed by atoms with Crippen LogP contribution in [0.25, 0.3) is 0 Å².